The summed E-state index contributed by atoms with van der Waals surface area (Å²) in [6.07, 6.45) is 1.37. The summed E-state index contributed by atoms with van der Waals surface area (Å²) < 4.78 is 7.30. The Balaban J connectivity index is 2.05. The third-order valence-corrected chi connectivity index (χ3v) is 3.69. The third kappa shape index (κ3) is 1.99. The number of aromatic nitrogens is 4. The Morgan fingerprint density at radius 3 is 3.16 bits per heavy atom. The van der Waals surface area contributed by atoms with E-state index in [1.165, 1.54) is 6.33 Å². The van der Waals surface area contributed by atoms with Crippen LogP contribution >= 0.6 is 12.6 Å². The second-order valence-electron chi connectivity index (χ2n) is 4.39. The van der Waals surface area contributed by atoms with E-state index in [-0.39, 0.29) is 41.2 Å². The van der Waals surface area contributed by atoms with Gasteiger partial charge in [0.2, 0.25) is 5.95 Å². The van der Waals surface area contributed by atoms with Gasteiger partial charge in [0.05, 0.1) is 19.0 Å². The van der Waals surface area contributed by atoms with E-state index in [4.69, 9.17) is 15.6 Å². The maximum absolute atomic E-state index is 11.7. The molecule has 0 amide bonds. The molecule has 0 aromatic carbocycles. The monoisotopic (exact) mass is 283 g/mol. The second kappa shape index (κ2) is 4.51. The van der Waals surface area contributed by atoms with Gasteiger partial charge in [0.15, 0.2) is 11.2 Å². The van der Waals surface area contributed by atoms with E-state index >= 15 is 0 Å². The van der Waals surface area contributed by atoms with Crippen LogP contribution in [-0.2, 0) is 4.74 Å². The van der Waals surface area contributed by atoms with Crippen molar-refractivity contribution in [3.63, 3.8) is 0 Å². The molecule has 0 saturated carbocycles. The third-order valence-electron chi connectivity index (χ3n) is 3.15. The molecule has 9 heteroatoms. The van der Waals surface area contributed by atoms with Crippen molar-refractivity contribution < 1.29 is 9.84 Å². The van der Waals surface area contributed by atoms with Crippen molar-refractivity contribution in [1.29, 1.82) is 0 Å². The number of imidazole rings is 1. The summed E-state index contributed by atoms with van der Waals surface area (Å²) in [5.41, 5.74) is 5.72. The number of aliphatic hydroxyl groups excluding tert-OH is 1. The number of hydrogen-bond acceptors (Lipinski definition) is 7. The zero-order valence-corrected chi connectivity index (χ0v) is 10.7. The number of nitrogens with zero attached hydrogens (tertiary/aromatic N) is 3. The molecule has 4 N–H and O–H groups in total. The lowest BCUT2D eigenvalue weighted by molar-refractivity contribution is -0.0197. The Hall–Kier alpha value is -1.58. The summed E-state index contributed by atoms with van der Waals surface area (Å²) in [6.45, 7) is -0.104. The molecule has 0 aliphatic carbocycles. The van der Waals surface area contributed by atoms with E-state index in [2.05, 4.69) is 27.6 Å². The van der Waals surface area contributed by atoms with Gasteiger partial charge in [0.1, 0.15) is 6.23 Å². The fraction of sp³-hybridized carbons (Fsp3) is 0.500. The Labute approximate surface area is 113 Å². The first-order valence-corrected chi connectivity index (χ1v) is 6.28. The number of thiol groups is 1. The molecule has 19 heavy (non-hydrogen) atoms. The number of ether oxygens (including phenoxy) is 1. The van der Waals surface area contributed by atoms with Gasteiger partial charge in [-0.15, -0.1) is 0 Å². The second-order valence-corrected chi connectivity index (χ2v) is 5.05. The van der Waals surface area contributed by atoms with Crippen molar-refractivity contribution in [2.45, 2.75) is 24.0 Å². The molecule has 0 bridgehead atoms. The van der Waals surface area contributed by atoms with E-state index in [9.17, 15) is 4.79 Å². The average Bonchev–Trinajstić information content (AvgIpc) is 2.92. The molecule has 1 saturated heterocycles. The number of nitrogen functional groups attached to an aromatic ring is 1. The van der Waals surface area contributed by atoms with E-state index in [0.29, 0.717) is 12.1 Å². The highest BCUT2D eigenvalue weighted by Gasteiger charge is 2.34. The minimum Gasteiger partial charge on any atom is -0.394 e. The molecule has 8 nitrogen and oxygen atoms in total. The lowest BCUT2D eigenvalue weighted by Gasteiger charge is -2.13. The number of H-pyrrole nitrogens is 1. The summed E-state index contributed by atoms with van der Waals surface area (Å²) in [5.74, 6) is 0.0263. The zero-order valence-electron chi connectivity index (χ0n) is 9.85. The molecule has 0 radical (unpaired) electrons. The molecule has 3 heterocycles. The fourth-order valence-electron chi connectivity index (χ4n) is 2.20. The smallest absolute Gasteiger partial charge is 0.280 e. The maximum atomic E-state index is 11.7. The van der Waals surface area contributed by atoms with Gasteiger partial charge >= 0.3 is 0 Å². The molecule has 3 atom stereocenters. The standard InChI is InChI=1S/C10H13N5O3S/c11-10-13-8-7(9(17)14-10)12-3-15(8)6-1-5(19)4(2-16)18-6/h3-6,16,19H,1-2H2,(H3,11,13,14,17)/t4-,5?,6-/m1/s1. The molecule has 0 spiro atoms. The normalized spacial score (nSPS) is 27.2. The molecule has 1 aliphatic heterocycles. The molecule has 2 aromatic rings. The minimum atomic E-state index is -0.389. The van der Waals surface area contributed by atoms with Crippen molar-refractivity contribution in [2.75, 3.05) is 12.3 Å². The maximum Gasteiger partial charge on any atom is 0.280 e. The Morgan fingerprint density at radius 2 is 2.47 bits per heavy atom. The quantitative estimate of drug-likeness (QED) is 0.540. The zero-order chi connectivity index (χ0) is 13.6. The summed E-state index contributed by atoms with van der Waals surface area (Å²) in [6, 6.07) is 0. The number of rotatable bonds is 2. The van der Waals surface area contributed by atoms with Gasteiger partial charge in [-0.3, -0.25) is 14.3 Å². The Morgan fingerprint density at radius 1 is 1.68 bits per heavy atom. The van der Waals surface area contributed by atoms with Crippen LogP contribution in [0.1, 0.15) is 12.6 Å². The summed E-state index contributed by atoms with van der Waals surface area (Å²) in [7, 11) is 0. The molecule has 102 valence electrons. The van der Waals surface area contributed by atoms with Gasteiger partial charge in [0, 0.05) is 11.7 Å². The van der Waals surface area contributed by atoms with Crippen LogP contribution < -0.4 is 11.3 Å². The minimum absolute atomic E-state index is 0.0263. The van der Waals surface area contributed by atoms with E-state index < -0.39 is 0 Å². The number of nitrogens with two attached hydrogens (primary N) is 1. The van der Waals surface area contributed by atoms with Gasteiger partial charge in [-0.25, -0.2) is 4.98 Å². The van der Waals surface area contributed by atoms with Gasteiger partial charge < -0.3 is 15.6 Å². The lowest BCUT2D eigenvalue weighted by Crippen LogP contribution is -2.20. The summed E-state index contributed by atoms with van der Waals surface area (Å²) >= 11 is 4.36. The highest BCUT2D eigenvalue weighted by Crippen LogP contribution is 2.32. The van der Waals surface area contributed by atoms with Crippen LogP contribution in [0.4, 0.5) is 5.95 Å². The van der Waals surface area contributed by atoms with E-state index in [1.54, 1.807) is 4.57 Å². The predicted molar refractivity (Wildman–Crippen MR) is 70.9 cm³/mol. The van der Waals surface area contributed by atoms with Crippen molar-refractivity contribution in [3.05, 3.63) is 16.7 Å². The molecular weight excluding hydrogens is 270 g/mol. The fourth-order valence-corrected chi connectivity index (χ4v) is 2.55. The number of aliphatic hydroxyl groups is 1. The van der Waals surface area contributed by atoms with Crippen molar-refractivity contribution in [1.82, 2.24) is 19.5 Å². The number of hydrogen-bond donors (Lipinski definition) is 4. The first-order valence-electron chi connectivity index (χ1n) is 5.77. The molecule has 1 fully saturated rings. The van der Waals surface area contributed by atoms with Gasteiger partial charge in [-0.1, -0.05) is 0 Å². The van der Waals surface area contributed by atoms with Crippen LogP contribution in [-0.4, -0.2) is 42.6 Å². The SMILES string of the molecule is Nc1nc2c(ncn2[C@H]2CC(S)[C@@H](CO)O2)c(=O)[nH]1. The summed E-state index contributed by atoms with van der Waals surface area (Å²) in [5, 5.41) is 9.09. The highest BCUT2D eigenvalue weighted by atomic mass is 32.1. The number of nitrogens with one attached hydrogen (secondary N) is 1. The predicted octanol–water partition coefficient (Wildman–Crippen LogP) is -0.720. The number of anilines is 1. The van der Waals surface area contributed by atoms with Crippen LogP contribution in [0.3, 0.4) is 0 Å². The first kappa shape index (κ1) is 12.5. The van der Waals surface area contributed by atoms with Crippen molar-refractivity contribution in [3.8, 4) is 0 Å². The van der Waals surface area contributed by atoms with Crippen LogP contribution in [0.2, 0.25) is 0 Å². The Bertz CT molecular complexity index is 669. The van der Waals surface area contributed by atoms with Gasteiger partial charge in [-0.05, 0) is 0 Å². The van der Waals surface area contributed by atoms with Crippen LogP contribution in [0.5, 0.6) is 0 Å². The van der Waals surface area contributed by atoms with E-state index in [1.807, 2.05) is 0 Å². The molecular formula is C10H13N5O3S. The van der Waals surface area contributed by atoms with Gasteiger partial charge in [-0.2, -0.15) is 17.6 Å². The van der Waals surface area contributed by atoms with Crippen molar-refractivity contribution >= 4 is 29.7 Å². The molecule has 2 aromatic heterocycles. The van der Waals surface area contributed by atoms with Gasteiger partial charge in [0.25, 0.3) is 5.56 Å². The topological polar surface area (TPSA) is 119 Å². The van der Waals surface area contributed by atoms with Crippen LogP contribution in [0, 0.1) is 0 Å². The molecule has 3 rings (SSSR count). The largest absolute Gasteiger partial charge is 0.394 e. The first-order chi connectivity index (χ1) is 9.10. The molecule has 1 unspecified atom stereocenters. The Kier molecular flexibility index (Phi) is 2.96. The summed E-state index contributed by atoms with van der Waals surface area (Å²) in [4.78, 5) is 22.1. The highest BCUT2D eigenvalue weighted by molar-refractivity contribution is 7.81. The van der Waals surface area contributed by atoms with Crippen molar-refractivity contribution in [2.24, 2.45) is 0 Å². The van der Waals surface area contributed by atoms with Crippen LogP contribution in [0.15, 0.2) is 11.1 Å². The average molecular weight is 283 g/mol. The van der Waals surface area contributed by atoms with Crippen LogP contribution in [0.25, 0.3) is 11.2 Å². The number of fused-ring (bicyclic) bond motifs is 1. The molecule has 1 aliphatic rings. The van der Waals surface area contributed by atoms with E-state index in [0.717, 1.165) is 0 Å². The lowest BCUT2D eigenvalue weighted by atomic mass is 10.2. The number of aromatic amines is 1.